The smallest absolute Gasteiger partial charge is 0.246 e. The standard InChI is InChI=1S/C56H79N9O9S/c1-38-49(75-37-60-38)41-18-16-39(17-19-41)33-58-52(68)47-32-44(66)35-65(47)54(70)50(56(2,3)4)62-48(67)36-73-30-10-28-71-26-6-7-27-72-29-11-31-74-45-22-20-43(21-23-45)61-55-59-34-46(40-12-8-13-40)51(63-55)57-24-25-64(5)53(69)42-14-9-15-42/h16-23,34,37,40,42,44,47,50,66H,6-15,24-33,35-36H2,1-5H3,(H,58,68)(H,62,67)(H2,57,59,61,63)/t44-,47+,50-/m1/s1. The number of amides is 4. The highest BCUT2D eigenvalue weighted by atomic mass is 32.1. The summed E-state index contributed by atoms with van der Waals surface area (Å²) < 4.78 is 23.1. The van der Waals surface area contributed by atoms with Crippen LogP contribution in [-0.4, -0.2) is 145 Å². The summed E-state index contributed by atoms with van der Waals surface area (Å²) in [7, 11) is 1.89. The third-order valence-electron chi connectivity index (χ3n) is 14.1. The number of aliphatic hydroxyl groups excluding tert-OH is 1. The Balaban J connectivity index is 0.699. The number of carbonyl (C=O) groups is 4. The van der Waals surface area contributed by atoms with Gasteiger partial charge in [-0.1, -0.05) is 57.9 Å². The summed E-state index contributed by atoms with van der Waals surface area (Å²) in [6, 6.07) is 13.8. The first-order valence-electron chi connectivity index (χ1n) is 26.9. The number of unbranched alkanes of at least 4 members (excludes halogenated alkanes) is 1. The van der Waals surface area contributed by atoms with Gasteiger partial charge in [0.2, 0.25) is 29.6 Å². The number of carbonyl (C=O) groups excluding carboxylic acids is 4. The SMILES string of the molecule is Cc1ncsc1-c1ccc(CNC(=O)[C@@H]2C[C@@H](O)CN2C(=O)[C@@H](NC(=O)COCCCOCCCCOCCCOc2ccc(Nc3ncc(C4CCC4)c(NCCN(C)C(=O)C4CCC4)n3)cc2)C(C)(C)C)cc1. The molecule has 19 heteroatoms. The second kappa shape index (κ2) is 28.4. The van der Waals surface area contributed by atoms with E-state index < -0.39 is 35.4 Å². The average Bonchev–Trinajstić information content (AvgIpc) is 3.98. The highest BCUT2D eigenvalue weighted by molar-refractivity contribution is 7.13. The first-order chi connectivity index (χ1) is 36.2. The monoisotopic (exact) mass is 1050 g/mol. The number of likely N-dealkylation sites (N-methyl/N-ethyl adjacent to an activating group) is 1. The molecule has 0 bridgehead atoms. The van der Waals surface area contributed by atoms with Crippen LogP contribution in [0.2, 0.25) is 0 Å². The second-order valence-electron chi connectivity index (χ2n) is 21.1. The Morgan fingerprint density at radius 2 is 1.55 bits per heavy atom. The van der Waals surface area contributed by atoms with Crippen LogP contribution in [0, 0.1) is 18.3 Å². The summed E-state index contributed by atoms with van der Waals surface area (Å²) in [5.74, 6) is 1.80. The van der Waals surface area contributed by atoms with E-state index in [1.807, 2.05) is 99.9 Å². The molecular formula is C56H79N9O9S. The summed E-state index contributed by atoms with van der Waals surface area (Å²) in [5, 5.41) is 23.1. The van der Waals surface area contributed by atoms with E-state index in [1.54, 1.807) is 11.3 Å². The number of ether oxygens (including phenoxy) is 4. The van der Waals surface area contributed by atoms with Crippen LogP contribution in [-0.2, 0) is 39.9 Å². The Labute approximate surface area is 446 Å². The third-order valence-corrected chi connectivity index (χ3v) is 15.1. The fraction of sp³-hybridized carbons (Fsp3) is 0.589. The van der Waals surface area contributed by atoms with Crippen LogP contribution in [0.3, 0.4) is 0 Å². The van der Waals surface area contributed by atoms with Crippen LogP contribution < -0.4 is 26.0 Å². The van der Waals surface area contributed by atoms with Crippen molar-refractivity contribution in [2.45, 2.75) is 129 Å². The van der Waals surface area contributed by atoms with Crippen LogP contribution >= 0.6 is 11.3 Å². The highest BCUT2D eigenvalue weighted by Crippen LogP contribution is 2.39. The summed E-state index contributed by atoms with van der Waals surface area (Å²) >= 11 is 1.58. The topological polar surface area (TPSA) is 219 Å². The molecule has 3 aliphatic rings. The van der Waals surface area contributed by atoms with E-state index >= 15 is 0 Å². The quantitative estimate of drug-likeness (QED) is 0.0322. The van der Waals surface area contributed by atoms with Crippen molar-refractivity contribution in [3.8, 4) is 16.2 Å². The summed E-state index contributed by atoms with van der Waals surface area (Å²) in [6.07, 6.45) is 10.9. The third kappa shape index (κ3) is 17.1. The fourth-order valence-corrected chi connectivity index (χ4v) is 9.98. The molecule has 1 saturated heterocycles. The van der Waals surface area contributed by atoms with Gasteiger partial charge in [0.15, 0.2) is 0 Å². The molecule has 0 spiro atoms. The molecule has 0 unspecified atom stereocenters. The maximum Gasteiger partial charge on any atom is 0.246 e. The van der Waals surface area contributed by atoms with Crippen LogP contribution in [0.5, 0.6) is 5.75 Å². The van der Waals surface area contributed by atoms with E-state index in [0.29, 0.717) is 71.0 Å². The Kier molecular flexibility index (Phi) is 21.6. The van der Waals surface area contributed by atoms with Gasteiger partial charge in [-0.15, -0.1) is 11.3 Å². The van der Waals surface area contributed by atoms with Crippen molar-refractivity contribution >= 4 is 52.4 Å². The Morgan fingerprint density at radius 3 is 2.19 bits per heavy atom. The number of aliphatic hydroxyl groups is 1. The van der Waals surface area contributed by atoms with Crippen molar-refractivity contribution in [1.82, 2.24) is 35.4 Å². The van der Waals surface area contributed by atoms with Gasteiger partial charge in [0.05, 0.1) is 28.8 Å². The van der Waals surface area contributed by atoms with Gasteiger partial charge in [-0.3, -0.25) is 19.2 Å². The zero-order valence-corrected chi connectivity index (χ0v) is 45.4. The summed E-state index contributed by atoms with van der Waals surface area (Å²) in [5.41, 5.74) is 6.06. The van der Waals surface area contributed by atoms with Crippen molar-refractivity contribution in [2.75, 3.05) is 83.6 Å². The number of aromatic nitrogens is 3. The van der Waals surface area contributed by atoms with E-state index in [4.69, 9.17) is 23.9 Å². The molecule has 1 aliphatic heterocycles. The van der Waals surface area contributed by atoms with Gasteiger partial charge in [-0.05, 0) is 98.6 Å². The number of hydrogen-bond donors (Lipinski definition) is 5. The maximum absolute atomic E-state index is 14.0. The number of aryl methyl sites for hydroxylation is 1. The first-order valence-corrected chi connectivity index (χ1v) is 27.8. The van der Waals surface area contributed by atoms with E-state index in [2.05, 4.69) is 31.2 Å². The molecule has 3 heterocycles. The van der Waals surface area contributed by atoms with E-state index in [9.17, 15) is 24.3 Å². The Morgan fingerprint density at radius 1 is 0.867 bits per heavy atom. The fourth-order valence-electron chi connectivity index (χ4n) is 9.17. The number of anilines is 3. The van der Waals surface area contributed by atoms with Gasteiger partial charge in [0, 0.05) is 102 Å². The number of β-amino-alcohol motifs (C(OH)–C–C–N with tert-alkyl or cyclic N) is 1. The van der Waals surface area contributed by atoms with Crippen molar-refractivity contribution in [3.05, 3.63) is 77.1 Å². The molecule has 2 saturated carbocycles. The van der Waals surface area contributed by atoms with Crippen LogP contribution in [0.25, 0.3) is 10.4 Å². The lowest BCUT2D eigenvalue weighted by Gasteiger charge is -2.35. The summed E-state index contributed by atoms with van der Waals surface area (Å²) in [6.45, 7) is 12.0. The molecule has 75 heavy (non-hydrogen) atoms. The molecular weight excluding hydrogens is 975 g/mol. The number of likely N-dealkylation sites (tertiary alicyclic amines) is 1. The molecule has 18 nitrogen and oxygen atoms in total. The van der Waals surface area contributed by atoms with E-state index in [1.165, 1.54) is 11.3 Å². The normalized spacial score (nSPS) is 17.2. The molecule has 2 aromatic carbocycles. The lowest BCUT2D eigenvalue weighted by Crippen LogP contribution is -2.58. The van der Waals surface area contributed by atoms with E-state index in [-0.39, 0.29) is 43.8 Å². The number of nitrogens with one attached hydrogen (secondary N) is 4. The molecule has 408 valence electrons. The molecule has 4 aromatic rings. The number of nitrogens with zero attached hydrogens (tertiary/aromatic N) is 5. The minimum absolute atomic E-state index is 0.00198. The minimum Gasteiger partial charge on any atom is -0.494 e. The van der Waals surface area contributed by atoms with Crippen molar-refractivity contribution in [2.24, 2.45) is 11.3 Å². The first kappa shape index (κ1) is 57.0. The van der Waals surface area contributed by atoms with Crippen molar-refractivity contribution in [3.63, 3.8) is 0 Å². The minimum atomic E-state index is -0.939. The van der Waals surface area contributed by atoms with Crippen LogP contribution in [0.1, 0.15) is 114 Å². The molecule has 2 aromatic heterocycles. The van der Waals surface area contributed by atoms with Gasteiger partial charge >= 0.3 is 0 Å². The van der Waals surface area contributed by atoms with E-state index in [0.717, 1.165) is 95.9 Å². The predicted molar refractivity (Wildman–Crippen MR) is 290 cm³/mol. The number of hydrogen-bond acceptors (Lipinski definition) is 15. The molecule has 7 rings (SSSR count). The average molecular weight is 1050 g/mol. The zero-order valence-electron chi connectivity index (χ0n) is 44.6. The second-order valence-corrected chi connectivity index (χ2v) is 21.9. The van der Waals surface area contributed by atoms with Crippen molar-refractivity contribution < 1.29 is 43.2 Å². The number of thiazole rings is 1. The largest absolute Gasteiger partial charge is 0.494 e. The molecule has 5 N–H and O–H groups in total. The molecule has 2 aliphatic carbocycles. The number of benzene rings is 2. The van der Waals surface area contributed by atoms with Gasteiger partial charge in [0.1, 0.15) is 30.3 Å². The van der Waals surface area contributed by atoms with Crippen LogP contribution in [0.15, 0.2) is 60.2 Å². The van der Waals surface area contributed by atoms with Gasteiger partial charge < -0.3 is 55.1 Å². The van der Waals surface area contributed by atoms with Gasteiger partial charge in [-0.25, -0.2) is 9.97 Å². The Bertz CT molecular complexity index is 2440. The highest BCUT2D eigenvalue weighted by Gasteiger charge is 2.44. The molecule has 3 fully saturated rings. The number of rotatable bonds is 30. The molecule has 4 amide bonds. The molecule has 3 atom stereocenters. The van der Waals surface area contributed by atoms with Gasteiger partial charge in [0.25, 0.3) is 0 Å². The zero-order chi connectivity index (χ0) is 53.2. The molecule has 0 radical (unpaired) electrons. The maximum atomic E-state index is 14.0. The predicted octanol–water partition coefficient (Wildman–Crippen LogP) is 7.39. The van der Waals surface area contributed by atoms with Crippen molar-refractivity contribution in [1.29, 1.82) is 0 Å². The Hall–Kier alpha value is -5.73. The lowest BCUT2D eigenvalue weighted by atomic mass is 9.81. The summed E-state index contributed by atoms with van der Waals surface area (Å²) in [4.78, 5) is 71.1. The van der Waals surface area contributed by atoms with Gasteiger partial charge in [-0.2, -0.15) is 4.98 Å². The van der Waals surface area contributed by atoms with Crippen LogP contribution in [0.4, 0.5) is 17.5 Å². The lowest BCUT2D eigenvalue weighted by molar-refractivity contribution is -0.144.